The minimum atomic E-state index is 0.127. The number of fused-ring (bicyclic) bond motifs is 1. The number of aryl methyl sites for hydroxylation is 2. The van der Waals surface area contributed by atoms with E-state index in [-0.39, 0.29) is 5.78 Å². The van der Waals surface area contributed by atoms with Gasteiger partial charge in [0.15, 0.2) is 5.78 Å². The van der Waals surface area contributed by atoms with Crippen LogP contribution in [0.5, 0.6) is 0 Å². The van der Waals surface area contributed by atoms with Crippen molar-refractivity contribution in [3.63, 3.8) is 0 Å². The van der Waals surface area contributed by atoms with Crippen LogP contribution >= 0.6 is 11.3 Å². The van der Waals surface area contributed by atoms with Crippen molar-refractivity contribution in [2.24, 2.45) is 0 Å². The molecule has 0 saturated heterocycles. The Morgan fingerprint density at radius 3 is 2.89 bits per heavy atom. The van der Waals surface area contributed by atoms with Crippen molar-refractivity contribution in [1.82, 2.24) is 4.98 Å². The van der Waals surface area contributed by atoms with Crippen LogP contribution in [0, 0.1) is 6.92 Å². The molecule has 1 atom stereocenters. The average Bonchev–Trinajstić information content (AvgIpc) is 2.92. The molecule has 0 bridgehead atoms. The summed E-state index contributed by atoms with van der Waals surface area (Å²) in [5.74, 6) is 0.514. The van der Waals surface area contributed by atoms with Crippen molar-refractivity contribution in [1.29, 1.82) is 0 Å². The molecule has 1 unspecified atom stereocenters. The first-order valence-corrected chi connectivity index (χ1v) is 7.04. The van der Waals surface area contributed by atoms with Gasteiger partial charge in [-0.3, -0.25) is 4.79 Å². The highest BCUT2D eigenvalue weighted by Gasteiger charge is 2.27. The Morgan fingerprint density at radius 1 is 1.39 bits per heavy atom. The molecular weight excluding hydrogens is 242 g/mol. The Balaban J connectivity index is 2.03. The van der Waals surface area contributed by atoms with Gasteiger partial charge in [-0.15, -0.1) is 11.3 Å². The van der Waals surface area contributed by atoms with Crippen LogP contribution in [0.4, 0.5) is 0 Å². The molecule has 1 aliphatic rings. The molecule has 0 saturated carbocycles. The van der Waals surface area contributed by atoms with Gasteiger partial charge in [0.05, 0.1) is 10.6 Å². The van der Waals surface area contributed by atoms with E-state index in [2.05, 4.69) is 29.2 Å². The predicted octanol–water partition coefficient (Wildman–Crippen LogP) is 3.73. The van der Waals surface area contributed by atoms with Crippen LogP contribution < -0.4 is 0 Å². The van der Waals surface area contributed by atoms with Crippen LogP contribution in [0.1, 0.15) is 50.8 Å². The highest BCUT2D eigenvalue weighted by Crippen LogP contribution is 2.40. The van der Waals surface area contributed by atoms with Gasteiger partial charge in [0.2, 0.25) is 0 Å². The van der Waals surface area contributed by atoms with E-state index in [1.165, 1.54) is 11.1 Å². The van der Waals surface area contributed by atoms with Crippen molar-refractivity contribution in [2.75, 3.05) is 0 Å². The van der Waals surface area contributed by atoms with E-state index in [9.17, 15) is 4.79 Å². The van der Waals surface area contributed by atoms with Gasteiger partial charge in [-0.25, -0.2) is 4.98 Å². The molecule has 3 heteroatoms. The first kappa shape index (κ1) is 11.6. The van der Waals surface area contributed by atoms with Crippen LogP contribution in [-0.2, 0) is 6.42 Å². The van der Waals surface area contributed by atoms with Crippen LogP contribution in [0.2, 0.25) is 0 Å². The summed E-state index contributed by atoms with van der Waals surface area (Å²) in [4.78, 5) is 16.9. The minimum Gasteiger partial charge on any atom is -0.294 e. The number of thiazole rings is 1. The van der Waals surface area contributed by atoms with Crippen LogP contribution in [0.15, 0.2) is 24.3 Å². The van der Waals surface area contributed by atoms with Gasteiger partial charge >= 0.3 is 0 Å². The molecular formula is C15H15NOS. The van der Waals surface area contributed by atoms with E-state index >= 15 is 0 Å². The Hall–Kier alpha value is -1.48. The molecule has 0 radical (unpaired) electrons. The number of carbonyl (C=O) groups excluding carboxylic acids is 1. The van der Waals surface area contributed by atoms with Gasteiger partial charge in [0.1, 0.15) is 5.01 Å². The quantitative estimate of drug-likeness (QED) is 0.767. The molecule has 1 heterocycles. The van der Waals surface area contributed by atoms with Crippen molar-refractivity contribution >= 4 is 17.1 Å². The molecule has 0 amide bonds. The molecule has 92 valence electrons. The fourth-order valence-corrected chi connectivity index (χ4v) is 3.82. The highest BCUT2D eigenvalue weighted by atomic mass is 32.1. The summed E-state index contributed by atoms with van der Waals surface area (Å²) in [5.41, 5.74) is 3.70. The summed E-state index contributed by atoms with van der Waals surface area (Å²) in [6.07, 6.45) is 2.23. The zero-order chi connectivity index (χ0) is 12.7. The monoisotopic (exact) mass is 257 g/mol. The lowest BCUT2D eigenvalue weighted by Gasteiger charge is -2.07. The maximum Gasteiger partial charge on any atom is 0.171 e. The first-order chi connectivity index (χ1) is 8.66. The summed E-state index contributed by atoms with van der Waals surface area (Å²) in [7, 11) is 0. The molecule has 1 aromatic carbocycles. The zero-order valence-electron chi connectivity index (χ0n) is 10.6. The number of ketones is 1. The lowest BCUT2D eigenvalue weighted by Crippen LogP contribution is -1.95. The summed E-state index contributed by atoms with van der Waals surface area (Å²) < 4.78 is 0. The molecule has 2 nitrogen and oxygen atoms in total. The van der Waals surface area contributed by atoms with Crippen molar-refractivity contribution in [2.45, 2.75) is 32.6 Å². The highest BCUT2D eigenvalue weighted by molar-refractivity contribution is 7.14. The standard InChI is InChI=1S/C15H15NOS/c1-9-14(10(2)17)18-15(16-9)13-8-7-11-5-3-4-6-12(11)13/h3-6,13H,7-8H2,1-2H3. The molecule has 18 heavy (non-hydrogen) atoms. The number of Topliss-reactive ketones (excluding diaryl/α,β-unsaturated/α-hetero) is 1. The van der Waals surface area contributed by atoms with E-state index in [4.69, 9.17) is 0 Å². The third-order valence-corrected chi connectivity index (χ3v) is 4.94. The number of hydrogen-bond donors (Lipinski definition) is 0. The Labute approximate surface area is 111 Å². The SMILES string of the molecule is CC(=O)c1sc(C2CCc3ccccc32)nc1C. The van der Waals surface area contributed by atoms with E-state index in [1.807, 2.05) is 6.92 Å². The smallest absolute Gasteiger partial charge is 0.171 e. The molecule has 0 aliphatic heterocycles. The largest absolute Gasteiger partial charge is 0.294 e. The Morgan fingerprint density at radius 2 is 2.17 bits per heavy atom. The van der Waals surface area contributed by atoms with E-state index < -0.39 is 0 Å². The van der Waals surface area contributed by atoms with E-state index in [0.29, 0.717) is 5.92 Å². The second-order valence-electron chi connectivity index (χ2n) is 4.81. The summed E-state index contributed by atoms with van der Waals surface area (Å²) in [6, 6.07) is 8.57. The van der Waals surface area contributed by atoms with Crippen LogP contribution in [-0.4, -0.2) is 10.8 Å². The van der Waals surface area contributed by atoms with Gasteiger partial charge in [0.25, 0.3) is 0 Å². The van der Waals surface area contributed by atoms with E-state index in [1.54, 1.807) is 18.3 Å². The van der Waals surface area contributed by atoms with E-state index in [0.717, 1.165) is 28.4 Å². The second kappa shape index (κ2) is 4.32. The predicted molar refractivity (Wildman–Crippen MR) is 73.5 cm³/mol. The van der Waals surface area contributed by atoms with Gasteiger partial charge in [0, 0.05) is 12.8 Å². The molecule has 1 aromatic heterocycles. The molecule has 1 aliphatic carbocycles. The molecule has 3 rings (SSSR count). The zero-order valence-corrected chi connectivity index (χ0v) is 11.4. The lowest BCUT2D eigenvalue weighted by molar-refractivity contribution is 0.102. The number of rotatable bonds is 2. The number of benzene rings is 1. The molecule has 0 fully saturated rings. The summed E-state index contributed by atoms with van der Waals surface area (Å²) >= 11 is 1.57. The fourth-order valence-electron chi connectivity index (χ4n) is 2.71. The number of nitrogens with zero attached hydrogens (tertiary/aromatic N) is 1. The number of aromatic nitrogens is 1. The fraction of sp³-hybridized carbons (Fsp3) is 0.333. The number of carbonyl (C=O) groups is 1. The van der Waals surface area contributed by atoms with Gasteiger partial charge in [-0.05, 0) is 30.9 Å². The second-order valence-corrected chi connectivity index (χ2v) is 5.84. The Kier molecular flexibility index (Phi) is 2.78. The topological polar surface area (TPSA) is 30.0 Å². The van der Waals surface area contributed by atoms with Crippen LogP contribution in [0.25, 0.3) is 0 Å². The minimum absolute atomic E-state index is 0.127. The van der Waals surface area contributed by atoms with Crippen LogP contribution in [0.3, 0.4) is 0 Å². The third-order valence-electron chi connectivity index (χ3n) is 3.56. The lowest BCUT2D eigenvalue weighted by atomic mass is 10.0. The first-order valence-electron chi connectivity index (χ1n) is 6.23. The maximum atomic E-state index is 11.5. The Bertz CT molecular complexity index is 615. The maximum absolute atomic E-state index is 11.5. The molecule has 2 aromatic rings. The summed E-state index contributed by atoms with van der Waals surface area (Å²) in [6.45, 7) is 3.55. The normalized spacial score (nSPS) is 17.8. The molecule has 0 spiro atoms. The van der Waals surface area contributed by atoms with Crippen molar-refractivity contribution < 1.29 is 4.79 Å². The van der Waals surface area contributed by atoms with Crippen molar-refractivity contribution in [3.8, 4) is 0 Å². The van der Waals surface area contributed by atoms with Gasteiger partial charge in [-0.2, -0.15) is 0 Å². The number of hydrogen-bond acceptors (Lipinski definition) is 3. The van der Waals surface area contributed by atoms with Gasteiger partial charge < -0.3 is 0 Å². The third kappa shape index (κ3) is 1.79. The average molecular weight is 257 g/mol. The molecule has 0 N–H and O–H groups in total. The van der Waals surface area contributed by atoms with Gasteiger partial charge in [-0.1, -0.05) is 24.3 Å². The van der Waals surface area contributed by atoms with Crippen molar-refractivity contribution in [3.05, 3.63) is 51.0 Å². The summed E-state index contributed by atoms with van der Waals surface area (Å²) in [5, 5.41) is 1.10.